The molecule has 2 aliphatic rings. The van der Waals surface area contributed by atoms with Crippen LogP contribution < -0.4 is 0 Å². The summed E-state index contributed by atoms with van der Waals surface area (Å²) in [6.07, 6.45) is 1.87. The van der Waals surface area contributed by atoms with Gasteiger partial charge in [-0.2, -0.15) is 0 Å². The molecule has 0 radical (unpaired) electrons. The standard InChI is InChI=1S/C16H20Cl2N2O2/c17-12-6-11-3-5-19(10-14(11)15(18)7-12)8-13(21)9-20-4-1-2-16(20)22/h6-7,13,21H,1-5,8-10H2/t13-/m1/s1. The lowest BCUT2D eigenvalue weighted by atomic mass is 9.99. The van der Waals surface area contributed by atoms with Gasteiger partial charge in [-0.1, -0.05) is 23.2 Å². The van der Waals surface area contributed by atoms with E-state index in [2.05, 4.69) is 4.90 Å². The molecule has 0 aromatic heterocycles. The average molecular weight is 343 g/mol. The number of likely N-dealkylation sites (tertiary alicyclic amines) is 1. The van der Waals surface area contributed by atoms with Crippen molar-refractivity contribution in [3.8, 4) is 0 Å². The fourth-order valence-electron chi connectivity index (χ4n) is 3.30. The SMILES string of the molecule is O=C1CCCN1C[C@H](O)CN1CCc2cc(Cl)cc(Cl)c2C1. The number of nitrogens with zero attached hydrogens (tertiary/aromatic N) is 2. The molecule has 4 nitrogen and oxygen atoms in total. The molecule has 1 amide bonds. The van der Waals surface area contributed by atoms with Crippen LogP contribution >= 0.6 is 23.2 Å². The second kappa shape index (κ2) is 6.75. The third-order valence-corrected chi connectivity index (χ3v) is 4.96. The zero-order valence-corrected chi connectivity index (χ0v) is 13.9. The summed E-state index contributed by atoms with van der Waals surface area (Å²) in [6, 6.07) is 3.74. The van der Waals surface area contributed by atoms with Crippen LogP contribution in [-0.4, -0.2) is 53.1 Å². The first kappa shape index (κ1) is 16.1. The number of halogens is 2. The summed E-state index contributed by atoms with van der Waals surface area (Å²) >= 11 is 12.3. The number of benzene rings is 1. The average Bonchev–Trinajstić information content (AvgIpc) is 2.85. The number of hydrogen-bond acceptors (Lipinski definition) is 3. The minimum atomic E-state index is -0.519. The lowest BCUT2D eigenvalue weighted by molar-refractivity contribution is -0.129. The molecule has 0 spiro atoms. The largest absolute Gasteiger partial charge is 0.390 e. The van der Waals surface area contributed by atoms with E-state index in [0.29, 0.717) is 29.6 Å². The van der Waals surface area contributed by atoms with E-state index in [1.54, 1.807) is 11.0 Å². The minimum Gasteiger partial charge on any atom is -0.390 e. The Morgan fingerprint density at radius 1 is 1.18 bits per heavy atom. The Labute approximate surface area is 140 Å². The van der Waals surface area contributed by atoms with Crippen LogP contribution in [0, 0.1) is 0 Å². The summed E-state index contributed by atoms with van der Waals surface area (Å²) in [5.41, 5.74) is 2.29. The van der Waals surface area contributed by atoms with Crippen molar-refractivity contribution in [1.82, 2.24) is 9.80 Å². The van der Waals surface area contributed by atoms with Crippen molar-refractivity contribution in [2.45, 2.75) is 31.9 Å². The molecule has 3 rings (SSSR count). The summed E-state index contributed by atoms with van der Waals surface area (Å²) in [5.74, 6) is 0.153. The van der Waals surface area contributed by atoms with E-state index in [0.717, 1.165) is 38.0 Å². The van der Waals surface area contributed by atoms with Crippen LogP contribution in [0.5, 0.6) is 0 Å². The van der Waals surface area contributed by atoms with Crippen molar-refractivity contribution in [2.24, 2.45) is 0 Å². The Bertz CT molecular complexity index is 580. The molecule has 120 valence electrons. The van der Waals surface area contributed by atoms with Gasteiger partial charge in [0.1, 0.15) is 0 Å². The molecule has 1 aromatic carbocycles. The van der Waals surface area contributed by atoms with E-state index in [1.807, 2.05) is 6.07 Å². The molecule has 1 atom stereocenters. The summed E-state index contributed by atoms with van der Waals surface area (Å²) in [7, 11) is 0. The topological polar surface area (TPSA) is 43.8 Å². The van der Waals surface area contributed by atoms with Crippen molar-refractivity contribution < 1.29 is 9.90 Å². The molecule has 0 aliphatic carbocycles. The highest BCUT2D eigenvalue weighted by Crippen LogP contribution is 2.30. The van der Waals surface area contributed by atoms with Gasteiger partial charge in [0.15, 0.2) is 0 Å². The second-order valence-electron chi connectivity index (χ2n) is 6.11. The van der Waals surface area contributed by atoms with E-state index in [4.69, 9.17) is 23.2 Å². The maximum Gasteiger partial charge on any atom is 0.222 e. The number of hydrogen-bond donors (Lipinski definition) is 1. The fraction of sp³-hybridized carbons (Fsp3) is 0.562. The first-order valence-corrected chi connectivity index (χ1v) is 8.43. The number of β-amino-alcohol motifs (C(OH)–C–C–N with tert-alkyl or cyclic N) is 1. The zero-order chi connectivity index (χ0) is 15.7. The molecule has 0 saturated carbocycles. The Kier molecular flexibility index (Phi) is 4.93. The van der Waals surface area contributed by atoms with Gasteiger partial charge >= 0.3 is 0 Å². The number of amides is 1. The van der Waals surface area contributed by atoms with Crippen molar-refractivity contribution in [2.75, 3.05) is 26.2 Å². The predicted molar refractivity (Wildman–Crippen MR) is 87.3 cm³/mol. The molecular weight excluding hydrogens is 323 g/mol. The van der Waals surface area contributed by atoms with E-state index >= 15 is 0 Å². The van der Waals surface area contributed by atoms with Gasteiger partial charge in [0.05, 0.1) is 6.10 Å². The van der Waals surface area contributed by atoms with Gasteiger partial charge in [-0.25, -0.2) is 0 Å². The monoisotopic (exact) mass is 342 g/mol. The van der Waals surface area contributed by atoms with Gasteiger partial charge in [0.2, 0.25) is 5.91 Å². The molecular formula is C16H20Cl2N2O2. The normalized spacial score (nSPS) is 20.3. The fourth-order valence-corrected chi connectivity index (χ4v) is 3.90. The van der Waals surface area contributed by atoms with Crippen LogP contribution in [0.2, 0.25) is 10.0 Å². The molecule has 1 aromatic rings. The highest BCUT2D eigenvalue weighted by molar-refractivity contribution is 6.35. The highest BCUT2D eigenvalue weighted by Gasteiger charge is 2.25. The molecule has 1 fully saturated rings. The molecule has 0 unspecified atom stereocenters. The van der Waals surface area contributed by atoms with Crippen LogP contribution in [0.3, 0.4) is 0 Å². The Hall–Kier alpha value is -0.810. The van der Waals surface area contributed by atoms with E-state index < -0.39 is 6.10 Å². The molecule has 0 bridgehead atoms. The van der Waals surface area contributed by atoms with Crippen LogP contribution in [-0.2, 0) is 17.8 Å². The zero-order valence-electron chi connectivity index (χ0n) is 12.4. The van der Waals surface area contributed by atoms with Gasteiger partial charge in [0.25, 0.3) is 0 Å². The third-order valence-electron chi connectivity index (χ3n) is 4.40. The smallest absolute Gasteiger partial charge is 0.222 e. The highest BCUT2D eigenvalue weighted by atomic mass is 35.5. The van der Waals surface area contributed by atoms with Gasteiger partial charge < -0.3 is 10.0 Å². The molecule has 2 heterocycles. The molecule has 1 N–H and O–H groups in total. The number of aliphatic hydroxyl groups is 1. The first-order valence-electron chi connectivity index (χ1n) is 7.68. The Morgan fingerprint density at radius 3 is 2.73 bits per heavy atom. The van der Waals surface area contributed by atoms with Crippen molar-refractivity contribution in [1.29, 1.82) is 0 Å². The summed E-state index contributed by atoms with van der Waals surface area (Å²) in [4.78, 5) is 15.6. The van der Waals surface area contributed by atoms with Crippen LogP contribution in [0.1, 0.15) is 24.0 Å². The third kappa shape index (κ3) is 3.57. The first-order chi connectivity index (χ1) is 10.5. The van der Waals surface area contributed by atoms with Crippen molar-refractivity contribution in [3.05, 3.63) is 33.3 Å². The number of carbonyl (C=O) groups excluding carboxylic acids is 1. The number of aliphatic hydroxyl groups excluding tert-OH is 1. The van der Waals surface area contributed by atoms with E-state index in [9.17, 15) is 9.90 Å². The quantitative estimate of drug-likeness (QED) is 0.913. The van der Waals surface area contributed by atoms with Gasteiger partial charge in [0, 0.05) is 49.2 Å². The van der Waals surface area contributed by atoms with Gasteiger partial charge in [-0.05, 0) is 36.1 Å². The lowest BCUT2D eigenvalue weighted by Crippen LogP contribution is -2.42. The van der Waals surface area contributed by atoms with Crippen LogP contribution in [0.15, 0.2) is 12.1 Å². The molecule has 6 heteroatoms. The molecule has 2 aliphatic heterocycles. The predicted octanol–water partition coefficient (Wildman–Crippen LogP) is 2.33. The molecule has 22 heavy (non-hydrogen) atoms. The van der Waals surface area contributed by atoms with Gasteiger partial charge in [-0.15, -0.1) is 0 Å². The van der Waals surface area contributed by atoms with Gasteiger partial charge in [-0.3, -0.25) is 9.69 Å². The lowest BCUT2D eigenvalue weighted by Gasteiger charge is -2.32. The van der Waals surface area contributed by atoms with Crippen molar-refractivity contribution in [3.63, 3.8) is 0 Å². The summed E-state index contributed by atoms with van der Waals surface area (Å²) in [5, 5.41) is 11.6. The Morgan fingerprint density at radius 2 is 2.00 bits per heavy atom. The van der Waals surface area contributed by atoms with E-state index in [-0.39, 0.29) is 5.91 Å². The minimum absolute atomic E-state index is 0.153. The number of carbonyl (C=O) groups is 1. The molecule has 1 saturated heterocycles. The van der Waals surface area contributed by atoms with Crippen LogP contribution in [0.4, 0.5) is 0 Å². The maximum absolute atomic E-state index is 11.6. The maximum atomic E-state index is 11.6. The Balaban J connectivity index is 1.59. The summed E-state index contributed by atoms with van der Waals surface area (Å²) in [6.45, 7) is 3.34. The summed E-state index contributed by atoms with van der Waals surface area (Å²) < 4.78 is 0. The van der Waals surface area contributed by atoms with Crippen LogP contribution in [0.25, 0.3) is 0 Å². The van der Waals surface area contributed by atoms with E-state index in [1.165, 1.54) is 5.56 Å². The number of rotatable bonds is 4. The second-order valence-corrected chi connectivity index (χ2v) is 6.95. The van der Waals surface area contributed by atoms with Crippen molar-refractivity contribution >= 4 is 29.1 Å². The number of fused-ring (bicyclic) bond motifs is 1.